The van der Waals surface area contributed by atoms with Gasteiger partial charge in [-0.1, -0.05) is 90.5 Å². The fourth-order valence-corrected chi connectivity index (χ4v) is 5.75. The van der Waals surface area contributed by atoms with Crippen LogP contribution >= 0.6 is 11.6 Å². The van der Waals surface area contributed by atoms with Gasteiger partial charge < -0.3 is 4.90 Å². The minimum absolute atomic E-state index is 0.103. The molecule has 2 atom stereocenters. The lowest BCUT2D eigenvalue weighted by Crippen LogP contribution is -2.51. The number of hydrogen-bond acceptors (Lipinski definition) is 2. The first-order chi connectivity index (χ1) is 18.9. The summed E-state index contributed by atoms with van der Waals surface area (Å²) in [5.74, 6) is -0.809. The molecule has 1 amide bonds. The van der Waals surface area contributed by atoms with Crippen LogP contribution < -0.4 is 0 Å². The van der Waals surface area contributed by atoms with E-state index in [1.54, 1.807) is 41.3 Å². The minimum atomic E-state index is -0.521. The normalized spacial score (nSPS) is 15.9. The fourth-order valence-electron chi connectivity index (χ4n) is 5.51. The summed E-state index contributed by atoms with van der Waals surface area (Å²) in [4.78, 5) is 18.0. The van der Waals surface area contributed by atoms with E-state index in [4.69, 9.17) is 11.6 Å². The molecule has 0 spiro atoms. The van der Waals surface area contributed by atoms with E-state index < -0.39 is 6.04 Å². The maximum Gasteiger partial charge on any atom is 0.239 e. The Morgan fingerprint density at radius 3 is 2.15 bits per heavy atom. The van der Waals surface area contributed by atoms with E-state index in [-0.39, 0.29) is 36.7 Å². The van der Waals surface area contributed by atoms with Gasteiger partial charge in [0.1, 0.15) is 11.6 Å². The van der Waals surface area contributed by atoms with Crippen LogP contribution in [0.5, 0.6) is 0 Å². The molecule has 0 aromatic heterocycles. The topological polar surface area (TPSA) is 23.6 Å². The van der Waals surface area contributed by atoms with Crippen molar-refractivity contribution in [3.05, 3.63) is 142 Å². The number of benzene rings is 4. The molecule has 1 aliphatic heterocycles. The Hall–Kier alpha value is -3.54. The van der Waals surface area contributed by atoms with Gasteiger partial charge in [-0.25, -0.2) is 8.78 Å². The zero-order valence-corrected chi connectivity index (χ0v) is 22.6. The number of rotatable bonds is 8. The maximum absolute atomic E-state index is 14.7. The number of nitrogens with zero attached hydrogens (tertiary/aromatic N) is 2. The van der Waals surface area contributed by atoms with Crippen LogP contribution in [0.15, 0.2) is 97.1 Å². The Kier molecular flexibility index (Phi) is 8.39. The van der Waals surface area contributed by atoms with Gasteiger partial charge in [-0.15, -0.1) is 0 Å². The summed E-state index contributed by atoms with van der Waals surface area (Å²) >= 11 is 6.69. The monoisotopic (exact) mass is 544 g/mol. The molecule has 1 aliphatic rings. The average molecular weight is 545 g/mol. The van der Waals surface area contributed by atoms with E-state index in [0.717, 1.165) is 17.5 Å². The van der Waals surface area contributed by atoms with Gasteiger partial charge in [0, 0.05) is 30.2 Å². The SMILES string of the molecule is C[C@@H](C(=O)N(CCc1ccccc1F)Cc1ccccc1F)N1CCc2ccccc2[C@@H]1c1ccccc1Cl. The summed E-state index contributed by atoms with van der Waals surface area (Å²) in [5, 5.41) is 0.645. The van der Waals surface area contributed by atoms with E-state index in [1.807, 2.05) is 43.3 Å². The largest absolute Gasteiger partial charge is 0.337 e. The molecule has 200 valence electrons. The van der Waals surface area contributed by atoms with Crippen molar-refractivity contribution in [1.29, 1.82) is 0 Å². The van der Waals surface area contributed by atoms with Crippen molar-refractivity contribution >= 4 is 17.5 Å². The van der Waals surface area contributed by atoms with Crippen molar-refractivity contribution in [3.63, 3.8) is 0 Å². The Balaban J connectivity index is 1.47. The third-order valence-corrected chi connectivity index (χ3v) is 7.96. The number of carbonyl (C=O) groups is 1. The molecule has 0 N–H and O–H groups in total. The number of hydrogen-bond donors (Lipinski definition) is 0. The predicted octanol–water partition coefficient (Wildman–Crippen LogP) is 7.23. The highest BCUT2D eigenvalue weighted by molar-refractivity contribution is 6.31. The van der Waals surface area contributed by atoms with E-state index >= 15 is 0 Å². The van der Waals surface area contributed by atoms with Crippen LogP contribution in [-0.4, -0.2) is 34.8 Å². The fraction of sp³-hybridized carbons (Fsp3) is 0.242. The van der Waals surface area contributed by atoms with Crippen LogP contribution in [0.2, 0.25) is 5.02 Å². The van der Waals surface area contributed by atoms with Crippen molar-refractivity contribution in [3.8, 4) is 0 Å². The molecular weight excluding hydrogens is 514 g/mol. The highest BCUT2D eigenvalue weighted by Crippen LogP contribution is 2.39. The van der Waals surface area contributed by atoms with E-state index in [1.165, 1.54) is 17.7 Å². The van der Waals surface area contributed by atoms with Crippen molar-refractivity contribution < 1.29 is 13.6 Å². The molecule has 5 rings (SSSR count). The number of carbonyl (C=O) groups excluding carboxylic acids is 1. The van der Waals surface area contributed by atoms with Crippen molar-refractivity contribution in [2.45, 2.75) is 38.4 Å². The van der Waals surface area contributed by atoms with Crippen molar-refractivity contribution in [1.82, 2.24) is 9.80 Å². The molecule has 4 aromatic carbocycles. The van der Waals surface area contributed by atoms with Crippen LogP contribution in [0, 0.1) is 11.6 Å². The lowest BCUT2D eigenvalue weighted by Gasteiger charge is -2.42. The van der Waals surface area contributed by atoms with Crippen LogP contribution in [-0.2, 0) is 24.2 Å². The highest BCUT2D eigenvalue weighted by atomic mass is 35.5. The average Bonchev–Trinajstić information content (AvgIpc) is 2.96. The smallest absolute Gasteiger partial charge is 0.239 e. The van der Waals surface area contributed by atoms with Crippen molar-refractivity contribution in [2.24, 2.45) is 0 Å². The van der Waals surface area contributed by atoms with Crippen LogP contribution in [0.4, 0.5) is 8.78 Å². The van der Waals surface area contributed by atoms with E-state index in [2.05, 4.69) is 17.0 Å². The Labute approximate surface area is 233 Å². The van der Waals surface area contributed by atoms with Crippen LogP contribution in [0.3, 0.4) is 0 Å². The summed E-state index contributed by atoms with van der Waals surface area (Å²) in [6.45, 7) is 2.93. The maximum atomic E-state index is 14.7. The van der Waals surface area contributed by atoms with Gasteiger partial charge in [-0.05, 0) is 60.2 Å². The molecular formula is C33H31ClF2N2O. The lowest BCUT2D eigenvalue weighted by atomic mass is 9.87. The molecule has 1 heterocycles. The zero-order chi connectivity index (χ0) is 27.4. The van der Waals surface area contributed by atoms with Gasteiger partial charge in [0.05, 0.1) is 12.1 Å². The Morgan fingerprint density at radius 2 is 1.46 bits per heavy atom. The third-order valence-electron chi connectivity index (χ3n) is 7.61. The highest BCUT2D eigenvalue weighted by Gasteiger charge is 2.37. The van der Waals surface area contributed by atoms with Gasteiger partial charge in [-0.2, -0.15) is 0 Å². The standard InChI is InChI=1S/C33H31ClF2N2O/c1-23(38-21-19-24-10-2-5-13-27(24)32(38)28-14-6-7-15-29(28)34)33(39)37(22-26-12-4-9-17-31(26)36)20-18-25-11-3-8-16-30(25)35/h2-17,23,32H,18-22H2,1H3/t23-,32+/m0/s1. The molecule has 0 fully saturated rings. The number of fused-ring (bicyclic) bond motifs is 1. The quantitative estimate of drug-likeness (QED) is 0.234. The molecule has 0 saturated heterocycles. The number of halogens is 3. The van der Waals surface area contributed by atoms with E-state index in [0.29, 0.717) is 29.1 Å². The summed E-state index contributed by atoms with van der Waals surface area (Å²) < 4.78 is 29.1. The molecule has 0 bridgehead atoms. The second kappa shape index (κ2) is 12.1. The van der Waals surface area contributed by atoms with Crippen molar-refractivity contribution in [2.75, 3.05) is 13.1 Å². The Bertz CT molecular complexity index is 1460. The van der Waals surface area contributed by atoms with Gasteiger partial charge in [0.25, 0.3) is 0 Å². The van der Waals surface area contributed by atoms with Gasteiger partial charge in [0.2, 0.25) is 5.91 Å². The molecule has 0 saturated carbocycles. The summed E-state index contributed by atoms with van der Waals surface area (Å²) in [7, 11) is 0. The minimum Gasteiger partial charge on any atom is -0.337 e. The first kappa shape index (κ1) is 27.0. The summed E-state index contributed by atoms with van der Waals surface area (Å²) in [6, 6.07) is 28.3. The Morgan fingerprint density at radius 1 is 0.872 bits per heavy atom. The predicted molar refractivity (Wildman–Crippen MR) is 152 cm³/mol. The molecule has 6 heteroatoms. The lowest BCUT2D eigenvalue weighted by molar-refractivity contribution is -0.138. The van der Waals surface area contributed by atoms with Crippen LogP contribution in [0.1, 0.15) is 40.8 Å². The van der Waals surface area contributed by atoms with Gasteiger partial charge in [-0.3, -0.25) is 9.69 Å². The first-order valence-electron chi connectivity index (χ1n) is 13.3. The van der Waals surface area contributed by atoms with Gasteiger partial charge in [0.15, 0.2) is 0 Å². The van der Waals surface area contributed by atoms with E-state index in [9.17, 15) is 13.6 Å². The van der Waals surface area contributed by atoms with Gasteiger partial charge >= 0.3 is 0 Å². The zero-order valence-electron chi connectivity index (χ0n) is 21.9. The summed E-state index contributed by atoms with van der Waals surface area (Å²) in [5.41, 5.74) is 4.26. The number of amides is 1. The second-order valence-electron chi connectivity index (χ2n) is 9.98. The molecule has 0 aliphatic carbocycles. The molecule has 4 aromatic rings. The summed E-state index contributed by atoms with van der Waals surface area (Å²) in [6.07, 6.45) is 1.13. The molecule has 0 unspecified atom stereocenters. The van der Waals surface area contributed by atoms with Crippen LogP contribution in [0.25, 0.3) is 0 Å². The molecule has 0 radical (unpaired) electrons. The second-order valence-corrected chi connectivity index (χ2v) is 10.4. The third kappa shape index (κ3) is 5.90. The first-order valence-corrected chi connectivity index (χ1v) is 13.7. The molecule has 39 heavy (non-hydrogen) atoms. The molecule has 3 nitrogen and oxygen atoms in total.